The third-order valence-corrected chi connectivity index (χ3v) is 3.79. The lowest BCUT2D eigenvalue weighted by Crippen LogP contribution is -2.31. The van der Waals surface area contributed by atoms with E-state index in [-0.39, 0.29) is 11.8 Å². The molecule has 2 saturated carbocycles. The molecule has 80 valence electrons. The number of hydrogen-bond donors (Lipinski definition) is 1. The molecule has 0 spiro atoms. The number of hydrogen-bond acceptors (Lipinski definition) is 3. The molecule has 2 fully saturated rings. The van der Waals surface area contributed by atoms with Gasteiger partial charge in [-0.3, -0.25) is 9.52 Å². The second kappa shape index (κ2) is 3.22. The van der Waals surface area contributed by atoms with Crippen LogP contribution in [0.4, 0.5) is 0 Å². The van der Waals surface area contributed by atoms with Gasteiger partial charge in [0.2, 0.25) is 15.9 Å². The van der Waals surface area contributed by atoms with Gasteiger partial charge in [-0.15, -0.1) is 0 Å². The van der Waals surface area contributed by atoms with Crippen LogP contribution in [-0.4, -0.2) is 20.6 Å². The van der Waals surface area contributed by atoms with Crippen LogP contribution in [0.15, 0.2) is 0 Å². The van der Waals surface area contributed by atoms with Crippen molar-refractivity contribution in [1.29, 1.82) is 0 Å². The van der Waals surface area contributed by atoms with Gasteiger partial charge in [0.05, 0.1) is 6.26 Å². The molecule has 5 heteroatoms. The zero-order valence-electron chi connectivity index (χ0n) is 8.19. The number of nitrogens with one attached hydrogen (secondary N) is 1. The van der Waals surface area contributed by atoms with Gasteiger partial charge in [-0.25, -0.2) is 8.42 Å². The van der Waals surface area contributed by atoms with Crippen molar-refractivity contribution in [3.63, 3.8) is 0 Å². The first kappa shape index (κ1) is 9.96. The predicted octanol–water partition coefficient (Wildman–Crippen LogP) is 0.498. The van der Waals surface area contributed by atoms with Crippen molar-refractivity contribution in [3.05, 3.63) is 0 Å². The van der Waals surface area contributed by atoms with Gasteiger partial charge in [-0.1, -0.05) is 19.3 Å². The third-order valence-electron chi connectivity index (χ3n) is 3.22. The van der Waals surface area contributed by atoms with Crippen molar-refractivity contribution in [2.24, 2.45) is 17.8 Å². The Kier molecular flexibility index (Phi) is 2.29. The fraction of sp³-hybridized carbons (Fsp3) is 0.889. The Hall–Kier alpha value is -0.580. The Morgan fingerprint density at radius 1 is 1.36 bits per heavy atom. The van der Waals surface area contributed by atoms with E-state index in [9.17, 15) is 13.2 Å². The molecule has 0 heterocycles. The lowest BCUT2D eigenvalue weighted by molar-refractivity contribution is -0.121. The summed E-state index contributed by atoms with van der Waals surface area (Å²) in [6.45, 7) is 0. The first-order valence-electron chi connectivity index (χ1n) is 4.99. The van der Waals surface area contributed by atoms with Crippen LogP contribution < -0.4 is 4.72 Å². The van der Waals surface area contributed by atoms with Gasteiger partial charge in [-0.2, -0.15) is 0 Å². The van der Waals surface area contributed by atoms with Gasteiger partial charge in [-0.05, 0) is 18.3 Å². The predicted molar refractivity (Wildman–Crippen MR) is 51.9 cm³/mol. The van der Waals surface area contributed by atoms with E-state index in [4.69, 9.17) is 0 Å². The Balaban J connectivity index is 1.84. The van der Waals surface area contributed by atoms with E-state index in [0.29, 0.717) is 11.8 Å². The van der Waals surface area contributed by atoms with Crippen LogP contribution in [0.25, 0.3) is 0 Å². The lowest BCUT2D eigenvalue weighted by Gasteiger charge is -2.25. The van der Waals surface area contributed by atoms with Crippen LogP contribution in [-0.2, 0) is 14.8 Å². The molecular formula is C9H15NO3S. The van der Waals surface area contributed by atoms with E-state index >= 15 is 0 Å². The summed E-state index contributed by atoms with van der Waals surface area (Å²) >= 11 is 0. The molecule has 0 unspecified atom stereocenters. The molecule has 0 aromatic carbocycles. The number of amides is 1. The molecule has 1 amide bonds. The van der Waals surface area contributed by atoms with Crippen LogP contribution in [0.1, 0.15) is 25.7 Å². The number of carbonyl (C=O) groups is 1. The minimum absolute atomic E-state index is 0.0324. The molecule has 2 aliphatic carbocycles. The summed E-state index contributed by atoms with van der Waals surface area (Å²) in [4.78, 5) is 11.4. The zero-order valence-corrected chi connectivity index (χ0v) is 9.01. The number of sulfonamides is 1. The molecule has 0 saturated heterocycles. The van der Waals surface area contributed by atoms with Gasteiger partial charge in [0, 0.05) is 5.92 Å². The molecule has 0 bridgehead atoms. The topological polar surface area (TPSA) is 63.2 Å². The molecular weight excluding hydrogens is 202 g/mol. The first-order chi connectivity index (χ1) is 6.47. The second-order valence-corrected chi connectivity index (χ2v) is 6.18. The molecule has 2 atom stereocenters. The van der Waals surface area contributed by atoms with Crippen LogP contribution in [0, 0.1) is 17.8 Å². The fourth-order valence-corrected chi connectivity index (χ4v) is 2.68. The van der Waals surface area contributed by atoms with E-state index in [0.717, 1.165) is 12.7 Å². The van der Waals surface area contributed by atoms with Crippen LogP contribution >= 0.6 is 0 Å². The molecule has 14 heavy (non-hydrogen) atoms. The maximum atomic E-state index is 11.4. The Morgan fingerprint density at radius 3 is 2.43 bits per heavy atom. The SMILES string of the molecule is CS(=O)(=O)NC(=O)[C@H]1C[C@@H]1C1CCC1. The minimum Gasteiger partial charge on any atom is -0.274 e. The molecule has 2 aliphatic rings. The van der Waals surface area contributed by atoms with Crippen molar-refractivity contribution in [3.8, 4) is 0 Å². The quantitative estimate of drug-likeness (QED) is 0.748. The summed E-state index contributed by atoms with van der Waals surface area (Å²) in [6.07, 6.45) is 5.60. The van der Waals surface area contributed by atoms with E-state index < -0.39 is 10.0 Å². The largest absolute Gasteiger partial charge is 0.274 e. The van der Waals surface area contributed by atoms with E-state index in [1.165, 1.54) is 19.3 Å². The van der Waals surface area contributed by atoms with Crippen molar-refractivity contribution >= 4 is 15.9 Å². The van der Waals surface area contributed by atoms with Crippen molar-refractivity contribution in [2.45, 2.75) is 25.7 Å². The van der Waals surface area contributed by atoms with Crippen LogP contribution in [0.2, 0.25) is 0 Å². The first-order valence-corrected chi connectivity index (χ1v) is 6.88. The zero-order chi connectivity index (χ0) is 10.3. The highest BCUT2D eigenvalue weighted by Gasteiger charge is 2.49. The fourth-order valence-electron chi connectivity index (χ4n) is 2.16. The minimum atomic E-state index is -3.37. The highest BCUT2D eigenvalue weighted by atomic mass is 32.2. The Labute approximate surface area is 84.1 Å². The molecule has 4 nitrogen and oxygen atoms in total. The summed E-state index contributed by atoms with van der Waals surface area (Å²) in [5.74, 6) is 0.815. The lowest BCUT2D eigenvalue weighted by atomic mass is 9.81. The smallest absolute Gasteiger partial charge is 0.236 e. The Bertz CT molecular complexity index is 345. The van der Waals surface area contributed by atoms with Crippen LogP contribution in [0.5, 0.6) is 0 Å². The average molecular weight is 217 g/mol. The maximum absolute atomic E-state index is 11.4. The van der Waals surface area contributed by atoms with Gasteiger partial charge in [0.25, 0.3) is 0 Å². The van der Waals surface area contributed by atoms with Gasteiger partial charge in [0.15, 0.2) is 0 Å². The molecule has 2 rings (SSSR count). The normalized spacial score (nSPS) is 32.1. The van der Waals surface area contributed by atoms with Crippen molar-refractivity contribution < 1.29 is 13.2 Å². The van der Waals surface area contributed by atoms with E-state index in [1.807, 2.05) is 4.72 Å². The summed E-state index contributed by atoms with van der Waals surface area (Å²) in [6, 6.07) is 0. The number of carbonyl (C=O) groups excluding carboxylic acids is 1. The summed E-state index contributed by atoms with van der Waals surface area (Å²) < 4.78 is 23.7. The molecule has 0 aromatic heterocycles. The van der Waals surface area contributed by atoms with Crippen molar-refractivity contribution in [2.75, 3.05) is 6.26 Å². The number of rotatable bonds is 3. The molecule has 0 aromatic rings. The average Bonchev–Trinajstić information content (AvgIpc) is 2.58. The summed E-state index contributed by atoms with van der Waals surface area (Å²) in [5, 5.41) is 0. The standard InChI is InChI=1S/C9H15NO3S/c1-14(12,13)10-9(11)8-5-7(8)6-3-2-4-6/h6-8H,2-5H2,1H3,(H,10,11)/t7-,8+/m1/s1. The molecule has 0 aliphatic heterocycles. The summed E-state index contributed by atoms with van der Waals surface area (Å²) in [7, 11) is -3.37. The van der Waals surface area contributed by atoms with Gasteiger partial charge >= 0.3 is 0 Å². The van der Waals surface area contributed by atoms with E-state index in [2.05, 4.69) is 0 Å². The summed E-state index contributed by atoms with van der Waals surface area (Å²) in [5.41, 5.74) is 0. The molecule has 0 radical (unpaired) electrons. The van der Waals surface area contributed by atoms with E-state index in [1.54, 1.807) is 0 Å². The second-order valence-electron chi connectivity index (χ2n) is 4.44. The maximum Gasteiger partial charge on any atom is 0.236 e. The monoisotopic (exact) mass is 217 g/mol. The van der Waals surface area contributed by atoms with Crippen molar-refractivity contribution in [1.82, 2.24) is 4.72 Å². The highest BCUT2D eigenvalue weighted by molar-refractivity contribution is 7.89. The van der Waals surface area contributed by atoms with Gasteiger partial charge in [0.1, 0.15) is 0 Å². The van der Waals surface area contributed by atoms with Gasteiger partial charge < -0.3 is 0 Å². The molecule has 1 N–H and O–H groups in total. The van der Waals surface area contributed by atoms with Crippen LogP contribution in [0.3, 0.4) is 0 Å². The third kappa shape index (κ3) is 2.08. The Morgan fingerprint density at radius 2 is 2.00 bits per heavy atom. The highest BCUT2D eigenvalue weighted by Crippen LogP contribution is 2.51.